The molecule has 0 radical (unpaired) electrons. The van der Waals surface area contributed by atoms with E-state index in [4.69, 9.17) is 13.9 Å². The molecule has 0 amide bonds. The van der Waals surface area contributed by atoms with Crippen molar-refractivity contribution in [1.29, 1.82) is 0 Å². The summed E-state index contributed by atoms with van der Waals surface area (Å²) in [7, 11) is 0. The van der Waals surface area contributed by atoms with Crippen LogP contribution >= 0.6 is 22.6 Å². The molecule has 3 aromatic rings. The first-order chi connectivity index (χ1) is 12.6. The highest BCUT2D eigenvalue weighted by atomic mass is 127. The first-order valence-electron chi connectivity index (χ1n) is 8.67. The van der Waals surface area contributed by atoms with Crippen LogP contribution in [0, 0.1) is 3.57 Å². The first kappa shape index (κ1) is 18.8. The molecule has 4 nitrogen and oxygen atoms in total. The van der Waals surface area contributed by atoms with Gasteiger partial charge in [-0.1, -0.05) is 25.1 Å². The summed E-state index contributed by atoms with van der Waals surface area (Å²) >= 11 is 2.29. The molecule has 26 heavy (non-hydrogen) atoms. The molecule has 0 atom stereocenters. The smallest absolute Gasteiger partial charge is 0.310 e. The highest BCUT2D eigenvalue weighted by Gasteiger charge is 2.11. The molecular formula is C21H21IO4. The van der Waals surface area contributed by atoms with Crippen LogP contribution in [0.5, 0.6) is 5.75 Å². The third-order valence-electron chi connectivity index (χ3n) is 4.04. The molecular weight excluding hydrogens is 443 g/mol. The van der Waals surface area contributed by atoms with E-state index in [1.165, 1.54) is 0 Å². The van der Waals surface area contributed by atoms with Crippen molar-refractivity contribution >= 4 is 39.5 Å². The Morgan fingerprint density at radius 3 is 2.73 bits per heavy atom. The zero-order chi connectivity index (χ0) is 18.5. The number of fused-ring (bicyclic) bond motifs is 1. The molecule has 0 bridgehead atoms. The van der Waals surface area contributed by atoms with Crippen molar-refractivity contribution in [3.05, 3.63) is 62.9 Å². The van der Waals surface area contributed by atoms with Gasteiger partial charge in [0.2, 0.25) is 0 Å². The van der Waals surface area contributed by atoms with Crippen LogP contribution in [0.1, 0.15) is 30.7 Å². The predicted octanol–water partition coefficient (Wildman–Crippen LogP) is 5.28. The molecule has 0 saturated heterocycles. The van der Waals surface area contributed by atoms with Gasteiger partial charge in [0.05, 0.1) is 16.6 Å². The Kier molecular flexibility index (Phi) is 6.19. The number of benzene rings is 2. The minimum Gasteiger partial charge on any atom is -0.489 e. The number of furan rings is 1. The van der Waals surface area contributed by atoms with Crippen molar-refractivity contribution in [3.8, 4) is 5.75 Å². The van der Waals surface area contributed by atoms with E-state index in [9.17, 15) is 4.79 Å². The van der Waals surface area contributed by atoms with Crippen molar-refractivity contribution in [2.45, 2.75) is 33.3 Å². The summed E-state index contributed by atoms with van der Waals surface area (Å²) in [4.78, 5) is 11.8. The average Bonchev–Trinajstić information content (AvgIpc) is 3.05. The van der Waals surface area contributed by atoms with Gasteiger partial charge in [-0.05, 0) is 59.3 Å². The van der Waals surface area contributed by atoms with Crippen LogP contribution in [0.2, 0.25) is 0 Å². The molecule has 1 heterocycles. The van der Waals surface area contributed by atoms with Gasteiger partial charge < -0.3 is 13.9 Å². The summed E-state index contributed by atoms with van der Waals surface area (Å²) in [5, 5.41) is 1.09. The Balaban J connectivity index is 1.77. The predicted molar refractivity (Wildman–Crippen MR) is 109 cm³/mol. The summed E-state index contributed by atoms with van der Waals surface area (Å²) in [6.45, 7) is 4.69. The Morgan fingerprint density at radius 1 is 1.15 bits per heavy atom. The zero-order valence-electron chi connectivity index (χ0n) is 14.9. The summed E-state index contributed by atoms with van der Waals surface area (Å²) in [5.74, 6) is 1.44. The van der Waals surface area contributed by atoms with E-state index >= 15 is 0 Å². The second-order valence-electron chi connectivity index (χ2n) is 5.94. The maximum absolute atomic E-state index is 11.8. The normalized spacial score (nSPS) is 10.9. The van der Waals surface area contributed by atoms with E-state index in [0.717, 1.165) is 37.8 Å². The van der Waals surface area contributed by atoms with E-state index in [0.29, 0.717) is 19.0 Å². The lowest BCUT2D eigenvalue weighted by atomic mass is 10.1. The Bertz CT molecular complexity index is 914. The van der Waals surface area contributed by atoms with Gasteiger partial charge in [-0.3, -0.25) is 4.79 Å². The van der Waals surface area contributed by atoms with Crippen LogP contribution in [0.3, 0.4) is 0 Å². The molecule has 5 heteroatoms. The number of ether oxygens (including phenoxy) is 2. The fraction of sp³-hybridized carbons (Fsp3) is 0.286. The summed E-state index contributed by atoms with van der Waals surface area (Å²) in [6, 6.07) is 13.8. The van der Waals surface area contributed by atoms with Crippen LogP contribution in [0.25, 0.3) is 11.0 Å². The number of para-hydroxylation sites is 1. The third-order valence-corrected chi connectivity index (χ3v) is 4.84. The lowest BCUT2D eigenvalue weighted by molar-refractivity contribution is -0.142. The topological polar surface area (TPSA) is 48.7 Å². The van der Waals surface area contributed by atoms with Gasteiger partial charge in [-0.2, -0.15) is 0 Å². The van der Waals surface area contributed by atoms with Crippen LogP contribution < -0.4 is 4.74 Å². The molecule has 136 valence electrons. The summed E-state index contributed by atoms with van der Waals surface area (Å²) in [6.07, 6.45) is 1.08. The third kappa shape index (κ3) is 4.38. The first-order valence-corrected chi connectivity index (χ1v) is 9.75. The number of rotatable bonds is 7. The van der Waals surface area contributed by atoms with E-state index in [1.54, 1.807) is 6.92 Å². The van der Waals surface area contributed by atoms with Crippen molar-refractivity contribution in [3.63, 3.8) is 0 Å². The van der Waals surface area contributed by atoms with E-state index in [2.05, 4.69) is 47.7 Å². The number of esters is 1. The van der Waals surface area contributed by atoms with Crippen molar-refractivity contribution in [2.75, 3.05) is 6.61 Å². The molecule has 1 aromatic heterocycles. The van der Waals surface area contributed by atoms with Crippen LogP contribution in [0.15, 0.2) is 46.9 Å². The van der Waals surface area contributed by atoms with E-state index in [1.807, 2.05) is 24.3 Å². The van der Waals surface area contributed by atoms with Gasteiger partial charge in [0.1, 0.15) is 23.7 Å². The zero-order valence-corrected chi connectivity index (χ0v) is 17.0. The monoisotopic (exact) mass is 464 g/mol. The average molecular weight is 464 g/mol. The molecule has 0 aliphatic heterocycles. The maximum Gasteiger partial charge on any atom is 0.310 e. The summed E-state index contributed by atoms with van der Waals surface area (Å²) in [5.41, 5.74) is 2.82. The molecule has 0 N–H and O–H groups in total. The van der Waals surface area contributed by atoms with Gasteiger partial charge in [0.15, 0.2) is 0 Å². The highest BCUT2D eigenvalue weighted by Crippen LogP contribution is 2.28. The van der Waals surface area contributed by atoms with Crippen molar-refractivity contribution in [1.82, 2.24) is 0 Å². The van der Waals surface area contributed by atoms with Gasteiger partial charge in [0, 0.05) is 17.4 Å². The number of carbonyl (C=O) groups excluding carboxylic acids is 1. The minimum atomic E-state index is -0.245. The molecule has 0 spiro atoms. The number of hydrogen-bond acceptors (Lipinski definition) is 4. The highest BCUT2D eigenvalue weighted by molar-refractivity contribution is 14.1. The molecule has 0 fully saturated rings. The molecule has 0 saturated carbocycles. The fourth-order valence-electron chi connectivity index (χ4n) is 2.80. The van der Waals surface area contributed by atoms with Crippen LogP contribution in [0.4, 0.5) is 0 Å². The molecule has 0 aliphatic rings. The van der Waals surface area contributed by atoms with Crippen LogP contribution in [-0.2, 0) is 29.0 Å². The molecule has 2 aromatic carbocycles. The van der Waals surface area contributed by atoms with Gasteiger partial charge in [-0.15, -0.1) is 0 Å². The molecule has 0 aliphatic carbocycles. The maximum atomic E-state index is 11.8. The Labute approximate surface area is 166 Å². The van der Waals surface area contributed by atoms with Gasteiger partial charge in [-0.25, -0.2) is 0 Å². The number of aryl methyl sites for hydroxylation is 1. The van der Waals surface area contributed by atoms with Crippen molar-refractivity contribution in [2.24, 2.45) is 0 Å². The molecule has 0 unspecified atom stereocenters. The largest absolute Gasteiger partial charge is 0.489 e. The fourth-order valence-corrected chi connectivity index (χ4v) is 3.62. The summed E-state index contributed by atoms with van der Waals surface area (Å²) < 4.78 is 18.0. The SMILES string of the molecule is CCOC(=O)Cc1ccccc1OCc1cc(I)c2oc(CC)cc2c1. The van der Waals surface area contributed by atoms with E-state index in [-0.39, 0.29) is 12.4 Å². The van der Waals surface area contributed by atoms with Crippen LogP contribution in [-0.4, -0.2) is 12.6 Å². The van der Waals surface area contributed by atoms with Crippen molar-refractivity contribution < 1.29 is 18.7 Å². The lowest BCUT2D eigenvalue weighted by Crippen LogP contribution is -2.09. The Hall–Kier alpha value is -2.02. The number of carbonyl (C=O) groups is 1. The quantitative estimate of drug-likeness (QED) is 0.353. The molecule has 3 rings (SSSR count). The number of hydrogen-bond donors (Lipinski definition) is 0. The standard InChI is InChI=1S/C21H21IO4/c1-3-17-11-16-9-14(10-18(22)21(16)26-17)13-25-19-8-6-5-7-15(19)12-20(23)24-4-2/h5-11H,3-4,12-13H2,1-2H3. The minimum absolute atomic E-state index is 0.210. The van der Waals surface area contributed by atoms with Gasteiger partial charge >= 0.3 is 5.97 Å². The second kappa shape index (κ2) is 8.58. The second-order valence-corrected chi connectivity index (χ2v) is 7.10. The van der Waals surface area contributed by atoms with E-state index < -0.39 is 0 Å². The van der Waals surface area contributed by atoms with Gasteiger partial charge in [0.25, 0.3) is 0 Å². The Morgan fingerprint density at radius 2 is 1.96 bits per heavy atom. The number of halogens is 1. The lowest BCUT2D eigenvalue weighted by Gasteiger charge is -2.11.